The Morgan fingerprint density at radius 2 is 1.74 bits per heavy atom. The van der Waals surface area contributed by atoms with Gasteiger partial charge in [-0.05, 0) is 49.1 Å². The number of para-hydroxylation sites is 1. The van der Waals surface area contributed by atoms with Gasteiger partial charge in [0.05, 0.1) is 15.9 Å². The summed E-state index contributed by atoms with van der Waals surface area (Å²) < 4.78 is 28.1. The first-order chi connectivity index (χ1) is 16.7. The molecule has 8 nitrogen and oxygen atoms in total. The summed E-state index contributed by atoms with van der Waals surface area (Å²) in [6.07, 6.45) is 4.53. The molecule has 0 spiro atoms. The van der Waals surface area contributed by atoms with Crippen molar-refractivity contribution >= 4 is 32.7 Å². The Morgan fingerprint density at radius 3 is 2.46 bits per heavy atom. The maximum Gasteiger partial charge on any atom is 0.242 e. The molecule has 1 aliphatic heterocycles. The third-order valence-corrected chi connectivity index (χ3v) is 8.62. The van der Waals surface area contributed by atoms with Crippen molar-refractivity contribution in [3.63, 3.8) is 0 Å². The molecule has 1 amide bonds. The third kappa shape index (κ3) is 5.36. The fourth-order valence-corrected chi connectivity index (χ4v) is 5.59. The van der Waals surface area contributed by atoms with Gasteiger partial charge in [0.25, 0.3) is 0 Å². The van der Waals surface area contributed by atoms with E-state index in [4.69, 9.17) is 0 Å². The largest absolute Gasteiger partial charge is 0.371 e. The molecular formula is C26H35N5O3S. The standard InChI is InChI=1S/C26H35N5O3S/c1-28(2)35(33,34)21-12-13-24-22(18-21)27-25(30(24)4)14-15-26(32)29(3)19-20-10-6-7-11-23(20)31-16-8-5-9-17-31/h6-7,10-13,18H,5,8-9,14-17,19H2,1-4H3. The highest BCUT2D eigenvalue weighted by Crippen LogP contribution is 2.26. The third-order valence-electron chi connectivity index (χ3n) is 6.81. The smallest absolute Gasteiger partial charge is 0.242 e. The van der Waals surface area contributed by atoms with E-state index in [0.29, 0.717) is 24.9 Å². The molecule has 0 radical (unpaired) electrons. The number of benzene rings is 2. The van der Waals surface area contributed by atoms with Crippen LogP contribution in [0.3, 0.4) is 0 Å². The van der Waals surface area contributed by atoms with Gasteiger partial charge in [-0.2, -0.15) is 0 Å². The van der Waals surface area contributed by atoms with E-state index in [1.54, 1.807) is 23.1 Å². The zero-order valence-electron chi connectivity index (χ0n) is 21.1. The molecule has 188 valence electrons. The Hall–Kier alpha value is -2.91. The number of hydrogen-bond donors (Lipinski definition) is 0. The molecule has 1 saturated heterocycles. The van der Waals surface area contributed by atoms with Crippen LogP contribution in [-0.4, -0.2) is 67.3 Å². The molecule has 0 bridgehead atoms. The van der Waals surface area contributed by atoms with Crippen LogP contribution in [0.4, 0.5) is 5.69 Å². The molecule has 3 aromatic rings. The lowest BCUT2D eigenvalue weighted by Crippen LogP contribution is -2.32. The number of nitrogens with zero attached hydrogens (tertiary/aromatic N) is 5. The van der Waals surface area contributed by atoms with E-state index in [-0.39, 0.29) is 10.8 Å². The van der Waals surface area contributed by atoms with Gasteiger partial charge in [0.1, 0.15) is 5.82 Å². The number of aromatic nitrogens is 2. The molecule has 9 heteroatoms. The minimum Gasteiger partial charge on any atom is -0.371 e. The number of aryl methyl sites for hydroxylation is 2. The lowest BCUT2D eigenvalue weighted by atomic mass is 10.1. The van der Waals surface area contributed by atoms with Crippen LogP contribution in [0.15, 0.2) is 47.4 Å². The fraction of sp³-hybridized carbons (Fsp3) is 0.462. The van der Waals surface area contributed by atoms with Crippen molar-refractivity contribution in [1.29, 1.82) is 0 Å². The lowest BCUT2D eigenvalue weighted by Gasteiger charge is -2.31. The van der Waals surface area contributed by atoms with E-state index in [1.165, 1.54) is 48.9 Å². The molecule has 35 heavy (non-hydrogen) atoms. The second-order valence-electron chi connectivity index (χ2n) is 9.45. The zero-order chi connectivity index (χ0) is 25.2. The molecule has 0 unspecified atom stereocenters. The highest BCUT2D eigenvalue weighted by atomic mass is 32.2. The Morgan fingerprint density at radius 1 is 1.03 bits per heavy atom. The summed E-state index contributed by atoms with van der Waals surface area (Å²) in [4.78, 5) is 22.1. The number of sulfonamides is 1. The summed E-state index contributed by atoms with van der Waals surface area (Å²) in [5.41, 5.74) is 3.85. The molecule has 0 N–H and O–H groups in total. The van der Waals surface area contributed by atoms with Gasteiger partial charge >= 0.3 is 0 Å². The first-order valence-corrected chi connectivity index (χ1v) is 13.6. The number of carbonyl (C=O) groups is 1. The summed E-state index contributed by atoms with van der Waals surface area (Å²) in [6, 6.07) is 13.3. The minimum absolute atomic E-state index is 0.0568. The average molecular weight is 498 g/mol. The van der Waals surface area contributed by atoms with Crippen molar-refractivity contribution in [1.82, 2.24) is 18.8 Å². The van der Waals surface area contributed by atoms with E-state index < -0.39 is 10.0 Å². The average Bonchev–Trinajstić information content (AvgIpc) is 3.18. The Labute approximate surface area is 208 Å². The molecular weight excluding hydrogens is 462 g/mol. The zero-order valence-corrected chi connectivity index (χ0v) is 21.9. The molecule has 1 fully saturated rings. The van der Waals surface area contributed by atoms with Gasteiger partial charge in [-0.1, -0.05) is 18.2 Å². The Kier molecular flexibility index (Phi) is 7.47. The Bertz CT molecular complexity index is 1310. The molecule has 0 saturated carbocycles. The SMILES string of the molecule is CN(Cc1ccccc1N1CCCCC1)C(=O)CCc1nc2cc(S(=O)(=O)N(C)C)ccc2n1C. The number of imidazole rings is 1. The molecule has 0 aliphatic carbocycles. The first kappa shape index (κ1) is 25.2. The van der Waals surface area contributed by atoms with Gasteiger partial charge in [-0.15, -0.1) is 0 Å². The monoisotopic (exact) mass is 497 g/mol. The van der Waals surface area contributed by atoms with Crippen molar-refractivity contribution in [2.24, 2.45) is 7.05 Å². The van der Waals surface area contributed by atoms with Gasteiger partial charge in [-0.3, -0.25) is 4.79 Å². The van der Waals surface area contributed by atoms with Crippen LogP contribution in [0.1, 0.15) is 37.1 Å². The highest BCUT2D eigenvalue weighted by Gasteiger charge is 2.20. The van der Waals surface area contributed by atoms with E-state index in [1.807, 2.05) is 24.7 Å². The number of rotatable bonds is 8. The van der Waals surface area contributed by atoms with Crippen LogP contribution in [0, 0.1) is 0 Å². The van der Waals surface area contributed by atoms with Gasteiger partial charge in [0, 0.05) is 66.4 Å². The quantitative estimate of drug-likeness (QED) is 0.477. The van der Waals surface area contributed by atoms with E-state index in [9.17, 15) is 13.2 Å². The van der Waals surface area contributed by atoms with Crippen molar-refractivity contribution in [3.8, 4) is 0 Å². The number of hydrogen-bond acceptors (Lipinski definition) is 5. The van der Waals surface area contributed by atoms with Crippen LogP contribution in [-0.2, 0) is 34.8 Å². The maximum atomic E-state index is 13.0. The van der Waals surface area contributed by atoms with E-state index >= 15 is 0 Å². The van der Waals surface area contributed by atoms with Crippen LogP contribution >= 0.6 is 0 Å². The highest BCUT2D eigenvalue weighted by molar-refractivity contribution is 7.89. The van der Waals surface area contributed by atoms with E-state index in [2.05, 4.69) is 28.1 Å². The van der Waals surface area contributed by atoms with Crippen molar-refractivity contribution in [2.75, 3.05) is 39.1 Å². The second-order valence-corrected chi connectivity index (χ2v) is 11.6. The second kappa shape index (κ2) is 10.4. The van der Waals surface area contributed by atoms with Crippen LogP contribution in [0.2, 0.25) is 0 Å². The minimum atomic E-state index is -3.53. The summed E-state index contributed by atoms with van der Waals surface area (Å²) in [6.45, 7) is 2.71. The summed E-state index contributed by atoms with van der Waals surface area (Å²) in [5.74, 6) is 0.816. The summed E-state index contributed by atoms with van der Waals surface area (Å²) >= 11 is 0. The number of carbonyl (C=O) groups excluding carboxylic acids is 1. The molecule has 0 atom stereocenters. The van der Waals surface area contributed by atoms with Crippen molar-refractivity contribution in [3.05, 3.63) is 53.9 Å². The normalized spacial score (nSPS) is 14.6. The Balaban J connectivity index is 1.44. The first-order valence-electron chi connectivity index (χ1n) is 12.1. The van der Waals surface area contributed by atoms with E-state index in [0.717, 1.165) is 24.4 Å². The van der Waals surface area contributed by atoms with Crippen LogP contribution < -0.4 is 4.90 Å². The fourth-order valence-electron chi connectivity index (χ4n) is 4.67. The molecule has 2 heterocycles. The number of piperidine rings is 1. The molecule has 4 rings (SSSR count). The number of amides is 1. The molecule has 1 aliphatic rings. The van der Waals surface area contributed by atoms with Gasteiger partial charge in [-0.25, -0.2) is 17.7 Å². The van der Waals surface area contributed by atoms with Crippen molar-refractivity contribution < 1.29 is 13.2 Å². The van der Waals surface area contributed by atoms with Gasteiger partial charge < -0.3 is 14.4 Å². The summed E-state index contributed by atoms with van der Waals surface area (Å²) in [5, 5.41) is 0. The molecule has 1 aromatic heterocycles. The maximum absolute atomic E-state index is 13.0. The van der Waals surface area contributed by atoms with Crippen molar-refractivity contribution in [2.45, 2.75) is 43.5 Å². The molecule has 2 aromatic carbocycles. The predicted molar refractivity (Wildman–Crippen MR) is 139 cm³/mol. The summed E-state index contributed by atoms with van der Waals surface area (Å²) in [7, 11) is 3.24. The number of anilines is 1. The lowest BCUT2D eigenvalue weighted by molar-refractivity contribution is -0.130. The topological polar surface area (TPSA) is 78.8 Å². The predicted octanol–water partition coefficient (Wildman–Crippen LogP) is 3.41. The van der Waals surface area contributed by atoms with Crippen LogP contribution in [0.5, 0.6) is 0 Å². The van der Waals surface area contributed by atoms with Gasteiger partial charge in [0.15, 0.2) is 0 Å². The number of fused-ring (bicyclic) bond motifs is 1. The van der Waals surface area contributed by atoms with Gasteiger partial charge in [0.2, 0.25) is 15.9 Å². The van der Waals surface area contributed by atoms with Crippen LogP contribution in [0.25, 0.3) is 11.0 Å².